The summed E-state index contributed by atoms with van der Waals surface area (Å²) in [5.74, 6) is -0.313. The van der Waals surface area contributed by atoms with Crippen molar-refractivity contribution in [2.75, 3.05) is 0 Å². The number of rotatable bonds is 6. The highest BCUT2D eigenvalue weighted by molar-refractivity contribution is 5.95. The van der Waals surface area contributed by atoms with Crippen LogP contribution in [0.2, 0.25) is 0 Å². The van der Waals surface area contributed by atoms with Crippen LogP contribution < -0.4 is 5.43 Å². The van der Waals surface area contributed by atoms with Gasteiger partial charge in [-0.25, -0.2) is 5.43 Å². The van der Waals surface area contributed by atoms with Crippen molar-refractivity contribution in [2.24, 2.45) is 5.10 Å². The van der Waals surface area contributed by atoms with Crippen molar-refractivity contribution in [1.82, 2.24) is 20.2 Å². The summed E-state index contributed by atoms with van der Waals surface area (Å²) in [4.78, 5) is 16.1. The molecule has 1 amide bonds. The zero-order valence-corrected chi connectivity index (χ0v) is 15.6. The number of benzene rings is 2. The molecule has 2 heterocycles. The third-order valence-corrected chi connectivity index (χ3v) is 4.32. The van der Waals surface area contributed by atoms with Gasteiger partial charge in [-0.05, 0) is 17.7 Å². The van der Waals surface area contributed by atoms with Crippen LogP contribution in [-0.4, -0.2) is 26.9 Å². The summed E-state index contributed by atoms with van der Waals surface area (Å²) in [6.07, 6.45) is 6.66. The van der Waals surface area contributed by atoms with Gasteiger partial charge in [0.2, 0.25) is 0 Å². The van der Waals surface area contributed by atoms with Crippen LogP contribution in [0.25, 0.3) is 11.3 Å². The molecular weight excluding hydrogens is 362 g/mol. The maximum Gasteiger partial charge on any atom is 0.272 e. The lowest BCUT2D eigenvalue weighted by Crippen LogP contribution is -2.17. The number of carbonyl (C=O) groups is 1. The van der Waals surface area contributed by atoms with E-state index >= 15 is 0 Å². The number of nitrogens with one attached hydrogen (secondary N) is 1. The molecule has 0 aliphatic rings. The Morgan fingerprint density at radius 1 is 1.00 bits per heavy atom. The highest BCUT2D eigenvalue weighted by Gasteiger charge is 2.10. The van der Waals surface area contributed by atoms with Crippen molar-refractivity contribution < 1.29 is 4.79 Å². The van der Waals surface area contributed by atoms with E-state index in [0.717, 1.165) is 22.4 Å². The van der Waals surface area contributed by atoms with Crippen molar-refractivity contribution in [3.8, 4) is 11.3 Å². The summed E-state index contributed by atoms with van der Waals surface area (Å²) in [7, 11) is 0. The van der Waals surface area contributed by atoms with Gasteiger partial charge in [-0.1, -0.05) is 60.7 Å². The normalized spacial score (nSPS) is 10.9. The second kappa shape index (κ2) is 8.75. The van der Waals surface area contributed by atoms with Gasteiger partial charge in [0.05, 0.1) is 18.3 Å². The first-order chi connectivity index (χ1) is 14.3. The van der Waals surface area contributed by atoms with Crippen LogP contribution in [0.15, 0.2) is 96.5 Å². The van der Waals surface area contributed by atoms with E-state index in [2.05, 4.69) is 27.6 Å². The Hall–Kier alpha value is -4.06. The van der Waals surface area contributed by atoms with E-state index < -0.39 is 0 Å². The maximum atomic E-state index is 12.2. The minimum Gasteiger partial charge on any atom is -0.267 e. The standard InChI is InChI=1S/C23H19N5O/c29-23(20-12-7-13-24-14-20)26-25-15-21-17-28(16-18-8-3-1-4-9-18)27-22(21)19-10-5-2-6-11-19/h1-15,17H,16H2,(H,26,29)/b25-15+. The molecule has 2 aromatic heterocycles. The molecule has 4 rings (SSSR count). The first-order valence-corrected chi connectivity index (χ1v) is 9.20. The van der Waals surface area contributed by atoms with Crippen LogP contribution in [0.3, 0.4) is 0 Å². The Morgan fingerprint density at radius 3 is 2.48 bits per heavy atom. The summed E-state index contributed by atoms with van der Waals surface area (Å²) in [5.41, 5.74) is 6.76. The van der Waals surface area contributed by atoms with Crippen molar-refractivity contribution in [3.05, 3.63) is 108 Å². The fourth-order valence-corrected chi connectivity index (χ4v) is 2.93. The molecule has 142 valence electrons. The van der Waals surface area contributed by atoms with Gasteiger partial charge in [-0.2, -0.15) is 10.2 Å². The number of carbonyl (C=O) groups excluding carboxylic acids is 1. The fraction of sp³-hybridized carbons (Fsp3) is 0.0435. The second-order valence-corrected chi connectivity index (χ2v) is 6.42. The van der Waals surface area contributed by atoms with Gasteiger partial charge < -0.3 is 0 Å². The van der Waals surface area contributed by atoms with E-state index in [0.29, 0.717) is 12.1 Å². The lowest BCUT2D eigenvalue weighted by atomic mass is 10.1. The van der Waals surface area contributed by atoms with E-state index in [-0.39, 0.29) is 5.91 Å². The quantitative estimate of drug-likeness (QED) is 0.408. The first kappa shape index (κ1) is 18.3. The van der Waals surface area contributed by atoms with Gasteiger partial charge >= 0.3 is 0 Å². The number of nitrogens with zero attached hydrogens (tertiary/aromatic N) is 4. The third-order valence-electron chi connectivity index (χ3n) is 4.32. The van der Waals surface area contributed by atoms with Crippen LogP contribution in [0.1, 0.15) is 21.5 Å². The SMILES string of the molecule is O=C(N/N=C/c1cn(Cc2ccccc2)nc1-c1ccccc1)c1cccnc1. The molecule has 0 aliphatic carbocycles. The minimum atomic E-state index is -0.313. The van der Waals surface area contributed by atoms with Crippen LogP contribution in [0.5, 0.6) is 0 Å². The molecule has 2 aromatic carbocycles. The molecular formula is C23H19N5O. The lowest BCUT2D eigenvalue weighted by molar-refractivity contribution is 0.0955. The largest absolute Gasteiger partial charge is 0.272 e. The van der Waals surface area contributed by atoms with Gasteiger partial charge in [0.15, 0.2) is 0 Å². The summed E-state index contributed by atoms with van der Waals surface area (Å²) < 4.78 is 1.88. The Kier molecular flexibility index (Phi) is 5.53. The molecule has 0 radical (unpaired) electrons. The highest BCUT2D eigenvalue weighted by Crippen LogP contribution is 2.21. The average molecular weight is 381 g/mol. The van der Waals surface area contributed by atoms with Crippen molar-refractivity contribution in [1.29, 1.82) is 0 Å². The molecule has 0 spiro atoms. The molecule has 1 N–H and O–H groups in total. The van der Waals surface area contributed by atoms with E-state index in [1.165, 1.54) is 6.20 Å². The molecule has 0 saturated carbocycles. The lowest BCUT2D eigenvalue weighted by Gasteiger charge is -2.01. The highest BCUT2D eigenvalue weighted by atomic mass is 16.2. The summed E-state index contributed by atoms with van der Waals surface area (Å²) in [5, 5.41) is 8.85. The fourth-order valence-electron chi connectivity index (χ4n) is 2.93. The van der Waals surface area contributed by atoms with Crippen LogP contribution in [0.4, 0.5) is 0 Å². The van der Waals surface area contributed by atoms with Gasteiger partial charge in [-0.15, -0.1) is 0 Å². The Balaban J connectivity index is 1.58. The molecule has 4 aromatic rings. The number of aromatic nitrogens is 3. The Morgan fingerprint density at radius 2 is 1.76 bits per heavy atom. The van der Waals surface area contributed by atoms with Crippen LogP contribution >= 0.6 is 0 Å². The predicted octanol–water partition coefficient (Wildman–Crippen LogP) is 3.76. The van der Waals surface area contributed by atoms with E-state index in [4.69, 9.17) is 5.10 Å². The number of hydrogen-bond acceptors (Lipinski definition) is 4. The first-order valence-electron chi connectivity index (χ1n) is 9.20. The topological polar surface area (TPSA) is 72.2 Å². The molecule has 29 heavy (non-hydrogen) atoms. The average Bonchev–Trinajstić information content (AvgIpc) is 3.18. The van der Waals surface area contributed by atoms with Crippen molar-refractivity contribution in [2.45, 2.75) is 6.54 Å². The van der Waals surface area contributed by atoms with E-state index in [1.807, 2.05) is 59.4 Å². The molecule has 0 unspecified atom stereocenters. The van der Waals surface area contributed by atoms with Crippen molar-refractivity contribution in [3.63, 3.8) is 0 Å². The predicted molar refractivity (Wildman–Crippen MR) is 113 cm³/mol. The van der Waals surface area contributed by atoms with Crippen LogP contribution in [-0.2, 0) is 6.54 Å². The Labute approximate surface area is 168 Å². The molecule has 0 atom stereocenters. The van der Waals surface area contributed by atoms with Crippen LogP contribution in [0, 0.1) is 0 Å². The molecule has 0 fully saturated rings. The smallest absolute Gasteiger partial charge is 0.267 e. The van der Waals surface area contributed by atoms with Gasteiger partial charge in [-0.3, -0.25) is 14.5 Å². The molecule has 0 saturated heterocycles. The van der Waals surface area contributed by atoms with Gasteiger partial charge in [0.1, 0.15) is 5.69 Å². The third kappa shape index (κ3) is 4.62. The van der Waals surface area contributed by atoms with Gasteiger partial charge in [0, 0.05) is 29.7 Å². The van der Waals surface area contributed by atoms with E-state index in [1.54, 1.807) is 24.5 Å². The number of amides is 1. The van der Waals surface area contributed by atoms with Gasteiger partial charge in [0.25, 0.3) is 5.91 Å². The number of hydrogen-bond donors (Lipinski definition) is 1. The maximum absolute atomic E-state index is 12.2. The second-order valence-electron chi connectivity index (χ2n) is 6.42. The van der Waals surface area contributed by atoms with E-state index in [9.17, 15) is 4.79 Å². The summed E-state index contributed by atoms with van der Waals surface area (Å²) in [6.45, 7) is 0.649. The zero-order chi connectivity index (χ0) is 19.9. The number of hydrazone groups is 1. The minimum absolute atomic E-state index is 0.313. The molecule has 6 heteroatoms. The zero-order valence-electron chi connectivity index (χ0n) is 15.6. The molecule has 6 nitrogen and oxygen atoms in total. The molecule has 0 bridgehead atoms. The monoisotopic (exact) mass is 381 g/mol. The molecule has 0 aliphatic heterocycles. The Bertz CT molecular complexity index is 1110. The number of pyridine rings is 1. The summed E-state index contributed by atoms with van der Waals surface area (Å²) >= 11 is 0. The van der Waals surface area contributed by atoms with Crippen molar-refractivity contribution >= 4 is 12.1 Å². The summed E-state index contributed by atoms with van der Waals surface area (Å²) in [6, 6.07) is 23.4.